The van der Waals surface area contributed by atoms with Gasteiger partial charge in [0.25, 0.3) is 5.91 Å². The number of carboxylic acids is 1. The van der Waals surface area contributed by atoms with E-state index in [1.807, 2.05) is 24.3 Å². The molecule has 2 aliphatic rings. The second kappa shape index (κ2) is 10.9. The molecule has 2 heterocycles. The van der Waals surface area contributed by atoms with E-state index in [2.05, 4.69) is 10.2 Å². The number of aliphatic carboxylic acids is 1. The van der Waals surface area contributed by atoms with Gasteiger partial charge in [0, 0.05) is 37.8 Å². The van der Waals surface area contributed by atoms with Gasteiger partial charge in [-0.15, -0.1) is 0 Å². The van der Waals surface area contributed by atoms with Crippen LogP contribution in [0.2, 0.25) is 0 Å². The Hall–Kier alpha value is -4.10. The van der Waals surface area contributed by atoms with Crippen LogP contribution in [0, 0.1) is 0 Å². The normalized spacial score (nSPS) is 15.9. The smallest absolute Gasteiger partial charge is 0.475 e. The number of nitrogens with zero attached hydrogens (tertiary/aromatic N) is 4. The molecule has 1 amide bonds. The Labute approximate surface area is 218 Å². The monoisotopic (exact) mass is 555 g/mol. The quantitative estimate of drug-likeness (QED) is 0.446. The SMILES string of the molecule is O=C(O)C(F)(F)F.O=C(c1ccc(C(F)(F)F)cc1)N1CCN(c2nc3ccccc3nc2NC2CC2)CC1. The van der Waals surface area contributed by atoms with Gasteiger partial charge >= 0.3 is 18.3 Å². The van der Waals surface area contributed by atoms with Gasteiger partial charge in [0.05, 0.1) is 16.6 Å². The maximum absolute atomic E-state index is 12.8. The third kappa shape index (κ3) is 7.06. The summed E-state index contributed by atoms with van der Waals surface area (Å²) in [5, 5.41) is 10.6. The summed E-state index contributed by atoms with van der Waals surface area (Å²) in [6.45, 7) is 2.05. The fourth-order valence-electron chi connectivity index (χ4n) is 3.83. The lowest BCUT2D eigenvalue weighted by molar-refractivity contribution is -0.192. The molecule has 0 radical (unpaired) electrons. The number of aromatic nitrogens is 2. The standard InChI is InChI=1S/C23H22F3N5O.C2HF3O2/c24-23(25,26)16-7-5-15(6-8-16)22(32)31-13-11-30(12-14-31)21-20(27-17-9-10-17)28-18-3-1-2-4-19(18)29-21;3-2(4,5)1(6)7/h1-8,17H,9-14H2,(H,27,28);(H,6,7). The second-order valence-corrected chi connectivity index (χ2v) is 8.96. The van der Waals surface area contributed by atoms with Crippen molar-refractivity contribution in [2.45, 2.75) is 31.2 Å². The lowest BCUT2D eigenvalue weighted by Crippen LogP contribution is -2.49. The molecule has 0 unspecified atom stereocenters. The molecule has 39 heavy (non-hydrogen) atoms. The number of hydrogen-bond donors (Lipinski definition) is 2. The molecule has 1 aliphatic heterocycles. The van der Waals surface area contributed by atoms with E-state index in [1.54, 1.807) is 4.90 Å². The van der Waals surface area contributed by atoms with Crippen LogP contribution in [-0.4, -0.2) is 70.2 Å². The summed E-state index contributed by atoms with van der Waals surface area (Å²) >= 11 is 0. The molecule has 2 fully saturated rings. The Morgan fingerprint density at radius 3 is 1.87 bits per heavy atom. The van der Waals surface area contributed by atoms with Crippen LogP contribution in [0.5, 0.6) is 0 Å². The molecule has 8 nitrogen and oxygen atoms in total. The summed E-state index contributed by atoms with van der Waals surface area (Å²) in [5.41, 5.74) is 1.14. The molecule has 2 aromatic carbocycles. The minimum Gasteiger partial charge on any atom is -0.475 e. The van der Waals surface area contributed by atoms with Crippen LogP contribution in [0.3, 0.4) is 0 Å². The molecule has 0 atom stereocenters. The average Bonchev–Trinajstić information content (AvgIpc) is 3.71. The van der Waals surface area contributed by atoms with E-state index in [0.29, 0.717) is 32.2 Å². The highest BCUT2D eigenvalue weighted by molar-refractivity contribution is 5.94. The lowest BCUT2D eigenvalue weighted by atomic mass is 10.1. The van der Waals surface area contributed by atoms with E-state index in [9.17, 15) is 31.1 Å². The molecule has 1 saturated carbocycles. The van der Waals surface area contributed by atoms with Gasteiger partial charge in [-0.05, 0) is 49.2 Å². The summed E-state index contributed by atoms with van der Waals surface area (Å²) in [4.78, 5) is 35.1. The molecule has 2 N–H and O–H groups in total. The molecule has 0 spiro atoms. The Balaban J connectivity index is 0.000000448. The van der Waals surface area contributed by atoms with Crippen molar-refractivity contribution < 1.29 is 41.0 Å². The topological polar surface area (TPSA) is 98.7 Å². The molecule has 1 aliphatic carbocycles. The molecule has 3 aromatic rings. The maximum atomic E-state index is 12.8. The summed E-state index contributed by atoms with van der Waals surface area (Å²) in [6.07, 6.45) is -7.27. The number of carboxylic acid groups (broad SMARTS) is 1. The fourth-order valence-corrected chi connectivity index (χ4v) is 3.83. The van der Waals surface area contributed by atoms with E-state index in [1.165, 1.54) is 12.1 Å². The second-order valence-electron chi connectivity index (χ2n) is 8.96. The zero-order valence-electron chi connectivity index (χ0n) is 20.3. The summed E-state index contributed by atoms with van der Waals surface area (Å²) < 4.78 is 70.1. The first kappa shape index (κ1) is 27.9. The van der Waals surface area contributed by atoms with Crippen LogP contribution in [0.15, 0.2) is 48.5 Å². The van der Waals surface area contributed by atoms with Crippen LogP contribution in [0.4, 0.5) is 38.0 Å². The van der Waals surface area contributed by atoms with Gasteiger partial charge in [0.15, 0.2) is 11.6 Å². The van der Waals surface area contributed by atoms with Crippen molar-refractivity contribution in [3.8, 4) is 0 Å². The predicted molar refractivity (Wildman–Crippen MR) is 129 cm³/mol. The Morgan fingerprint density at radius 1 is 0.846 bits per heavy atom. The van der Waals surface area contributed by atoms with Crippen LogP contribution in [-0.2, 0) is 11.0 Å². The summed E-state index contributed by atoms with van der Waals surface area (Å²) in [5.74, 6) is -1.49. The average molecular weight is 555 g/mol. The third-order valence-electron chi connectivity index (χ3n) is 6.04. The number of carbonyl (C=O) groups excluding carboxylic acids is 1. The summed E-state index contributed by atoms with van der Waals surface area (Å²) in [7, 11) is 0. The minimum absolute atomic E-state index is 0.257. The van der Waals surface area contributed by atoms with E-state index < -0.39 is 23.9 Å². The molecule has 0 bridgehead atoms. The van der Waals surface area contributed by atoms with Crippen molar-refractivity contribution >= 4 is 34.5 Å². The number of para-hydroxylation sites is 2. The number of amides is 1. The largest absolute Gasteiger partial charge is 0.490 e. The van der Waals surface area contributed by atoms with Crippen molar-refractivity contribution in [2.24, 2.45) is 0 Å². The van der Waals surface area contributed by atoms with Gasteiger partial charge in [0.2, 0.25) is 0 Å². The van der Waals surface area contributed by atoms with Crippen molar-refractivity contribution in [1.29, 1.82) is 0 Å². The number of carbonyl (C=O) groups is 2. The number of fused-ring (bicyclic) bond motifs is 1. The first-order valence-electron chi connectivity index (χ1n) is 11.9. The maximum Gasteiger partial charge on any atom is 0.490 e. The van der Waals surface area contributed by atoms with Gasteiger partial charge in [-0.25, -0.2) is 14.8 Å². The number of piperazine rings is 1. The molecular weight excluding hydrogens is 532 g/mol. The number of nitrogens with one attached hydrogen (secondary N) is 1. The van der Waals surface area contributed by atoms with Crippen molar-refractivity contribution in [1.82, 2.24) is 14.9 Å². The highest BCUT2D eigenvalue weighted by Gasteiger charge is 2.38. The number of alkyl halides is 6. The summed E-state index contributed by atoms with van der Waals surface area (Å²) in [6, 6.07) is 12.5. The van der Waals surface area contributed by atoms with Crippen molar-refractivity contribution in [3.63, 3.8) is 0 Å². The van der Waals surface area contributed by atoms with Gasteiger partial charge < -0.3 is 20.2 Å². The van der Waals surface area contributed by atoms with Crippen molar-refractivity contribution in [3.05, 3.63) is 59.7 Å². The zero-order chi connectivity index (χ0) is 28.4. The van der Waals surface area contributed by atoms with E-state index in [0.717, 1.165) is 47.6 Å². The number of rotatable bonds is 4. The number of anilines is 2. The van der Waals surface area contributed by atoms with E-state index in [-0.39, 0.29) is 11.5 Å². The Morgan fingerprint density at radius 2 is 1.38 bits per heavy atom. The lowest BCUT2D eigenvalue weighted by Gasteiger charge is -2.36. The van der Waals surface area contributed by atoms with Gasteiger partial charge in [-0.1, -0.05) is 12.1 Å². The number of benzene rings is 2. The fraction of sp³-hybridized carbons (Fsp3) is 0.360. The van der Waals surface area contributed by atoms with Gasteiger partial charge in [-0.2, -0.15) is 26.3 Å². The highest BCUT2D eigenvalue weighted by Crippen LogP contribution is 2.32. The molecule has 1 saturated heterocycles. The van der Waals surface area contributed by atoms with Crippen LogP contribution in [0.25, 0.3) is 11.0 Å². The zero-order valence-corrected chi connectivity index (χ0v) is 20.3. The van der Waals surface area contributed by atoms with Crippen LogP contribution in [0.1, 0.15) is 28.8 Å². The Bertz CT molecular complexity index is 1330. The Kier molecular flexibility index (Phi) is 7.84. The number of hydrogen-bond acceptors (Lipinski definition) is 6. The molecule has 1 aromatic heterocycles. The first-order chi connectivity index (χ1) is 18.3. The molecule has 14 heteroatoms. The molecule has 5 rings (SSSR count). The molecule has 208 valence electrons. The predicted octanol–water partition coefficient (Wildman–Crippen LogP) is 4.82. The van der Waals surface area contributed by atoms with Crippen LogP contribution >= 0.6 is 0 Å². The molecular formula is C25H23F6N5O3. The van der Waals surface area contributed by atoms with Crippen molar-refractivity contribution in [2.75, 3.05) is 36.4 Å². The van der Waals surface area contributed by atoms with Gasteiger partial charge in [-0.3, -0.25) is 4.79 Å². The van der Waals surface area contributed by atoms with Gasteiger partial charge in [0.1, 0.15) is 0 Å². The van der Waals surface area contributed by atoms with E-state index >= 15 is 0 Å². The van der Waals surface area contributed by atoms with E-state index in [4.69, 9.17) is 19.9 Å². The first-order valence-corrected chi connectivity index (χ1v) is 11.9. The van der Waals surface area contributed by atoms with Crippen LogP contribution < -0.4 is 10.2 Å². The number of halogens is 6. The minimum atomic E-state index is -5.08. The third-order valence-corrected chi connectivity index (χ3v) is 6.04. The highest BCUT2D eigenvalue weighted by atomic mass is 19.4.